The van der Waals surface area contributed by atoms with Gasteiger partial charge in [0.1, 0.15) is 5.25 Å². The molecule has 2 aromatic carbocycles. The standard InChI is InChI=1S/C18H14BrCl2N3O3S/c1-24-15(25)8-14(17(27)22-10-4-2-3-9(19)5-10)28-18(24)23-11-6-12(20)16(26)13(21)7-11/h2-7,14,26H,8H2,1H3,(H,22,27). The highest BCUT2D eigenvalue weighted by Crippen LogP contribution is 2.37. The predicted octanol–water partition coefficient (Wildman–Crippen LogP) is 5.05. The van der Waals surface area contributed by atoms with Crippen LogP contribution in [-0.2, 0) is 9.59 Å². The van der Waals surface area contributed by atoms with Gasteiger partial charge in [-0.05, 0) is 30.3 Å². The van der Waals surface area contributed by atoms with Crippen LogP contribution in [0.15, 0.2) is 45.9 Å². The van der Waals surface area contributed by atoms with E-state index in [0.717, 1.165) is 4.47 Å². The number of aromatic hydroxyl groups is 1. The number of hydrogen-bond acceptors (Lipinski definition) is 5. The summed E-state index contributed by atoms with van der Waals surface area (Å²) < 4.78 is 0.834. The number of amides is 2. The molecule has 1 aliphatic heterocycles. The van der Waals surface area contributed by atoms with Gasteiger partial charge in [-0.1, -0.05) is 57.0 Å². The van der Waals surface area contributed by atoms with Gasteiger partial charge in [-0.15, -0.1) is 0 Å². The highest BCUT2D eigenvalue weighted by Gasteiger charge is 2.34. The Hall–Kier alpha value is -1.74. The van der Waals surface area contributed by atoms with E-state index in [1.54, 1.807) is 25.2 Å². The van der Waals surface area contributed by atoms with Crippen molar-refractivity contribution in [2.45, 2.75) is 11.7 Å². The van der Waals surface area contributed by atoms with Crippen LogP contribution in [0.25, 0.3) is 0 Å². The number of phenols is 1. The summed E-state index contributed by atoms with van der Waals surface area (Å²) in [6.45, 7) is 0. The molecule has 0 radical (unpaired) electrons. The number of nitrogens with one attached hydrogen (secondary N) is 1. The van der Waals surface area contributed by atoms with Gasteiger partial charge in [-0.25, -0.2) is 4.99 Å². The highest BCUT2D eigenvalue weighted by molar-refractivity contribution is 9.10. The van der Waals surface area contributed by atoms with Crippen LogP contribution in [0, 0.1) is 0 Å². The molecule has 1 fully saturated rings. The van der Waals surface area contributed by atoms with Crippen molar-refractivity contribution in [2.24, 2.45) is 4.99 Å². The van der Waals surface area contributed by atoms with Crippen molar-refractivity contribution in [1.82, 2.24) is 4.90 Å². The van der Waals surface area contributed by atoms with Crippen molar-refractivity contribution in [3.63, 3.8) is 0 Å². The van der Waals surface area contributed by atoms with Gasteiger partial charge in [0, 0.05) is 23.6 Å². The van der Waals surface area contributed by atoms with Gasteiger partial charge in [0.2, 0.25) is 11.8 Å². The third kappa shape index (κ3) is 4.81. The molecule has 3 rings (SSSR count). The average Bonchev–Trinajstić information content (AvgIpc) is 2.63. The molecular formula is C18H14BrCl2N3O3S. The fraction of sp³-hybridized carbons (Fsp3) is 0.167. The van der Waals surface area contributed by atoms with Gasteiger partial charge in [-0.3, -0.25) is 14.5 Å². The van der Waals surface area contributed by atoms with Crippen molar-refractivity contribution in [3.05, 3.63) is 50.9 Å². The molecule has 2 aromatic rings. The maximum absolute atomic E-state index is 12.6. The molecule has 2 N–H and O–H groups in total. The summed E-state index contributed by atoms with van der Waals surface area (Å²) in [7, 11) is 1.58. The second-order valence-electron chi connectivity index (χ2n) is 5.92. The summed E-state index contributed by atoms with van der Waals surface area (Å²) in [6, 6.07) is 10.0. The van der Waals surface area contributed by atoms with Crippen LogP contribution in [0.4, 0.5) is 11.4 Å². The van der Waals surface area contributed by atoms with Gasteiger partial charge in [0.25, 0.3) is 0 Å². The lowest BCUT2D eigenvalue weighted by atomic mass is 10.2. The lowest BCUT2D eigenvalue weighted by Crippen LogP contribution is -2.43. The van der Waals surface area contributed by atoms with E-state index in [1.165, 1.54) is 28.8 Å². The fourth-order valence-electron chi connectivity index (χ4n) is 2.41. The number of benzene rings is 2. The minimum Gasteiger partial charge on any atom is -0.505 e. The summed E-state index contributed by atoms with van der Waals surface area (Å²) in [6.07, 6.45) is 0.0527. The average molecular weight is 503 g/mol. The second-order valence-corrected chi connectivity index (χ2v) is 8.82. The third-order valence-corrected chi connectivity index (χ3v) is 6.19. The van der Waals surface area contributed by atoms with E-state index in [-0.39, 0.29) is 34.0 Å². The van der Waals surface area contributed by atoms with Gasteiger partial charge in [0.05, 0.1) is 15.7 Å². The lowest BCUT2D eigenvalue weighted by molar-refractivity contribution is -0.128. The molecular weight excluding hydrogens is 489 g/mol. The second kappa shape index (κ2) is 8.73. The summed E-state index contributed by atoms with van der Waals surface area (Å²) >= 11 is 16.4. The molecule has 0 aliphatic carbocycles. The van der Waals surface area contributed by atoms with E-state index in [0.29, 0.717) is 16.5 Å². The Labute approximate surface area is 184 Å². The van der Waals surface area contributed by atoms with Crippen molar-refractivity contribution >= 4 is 79.3 Å². The van der Waals surface area contributed by atoms with E-state index in [4.69, 9.17) is 23.2 Å². The largest absolute Gasteiger partial charge is 0.505 e. The molecule has 0 saturated carbocycles. The minimum atomic E-state index is -0.635. The Kier molecular flexibility index (Phi) is 6.54. The number of aliphatic imine (C=N–C) groups is 1. The van der Waals surface area contributed by atoms with Gasteiger partial charge in [0.15, 0.2) is 10.9 Å². The van der Waals surface area contributed by atoms with Gasteiger partial charge >= 0.3 is 0 Å². The van der Waals surface area contributed by atoms with Crippen LogP contribution in [0.5, 0.6) is 5.75 Å². The Balaban J connectivity index is 1.83. The van der Waals surface area contributed by atoms with Crippen molar-refractivity contribution in [2.75, 3.05) is 12.4 Å². The van der Waals surface area contributed by atoms with Crippen LogP contribution in [0.1, 0.15) is 6.42 Å². The minimum absolute atomic E-state index is 0.0468. The van der Waals surface area contributed by atoms with E-state index >= 15 is 0 Å². The number of rotatable bonds is 3. The van der Waals surface area contributed by atoms with Crippen LogP contribution >= 0.6 is 50.9 Å². The number of carbonyl (C=O) groups excluding carboxylic acids is 2. The number of hydrogen-bond donors (Lipinski definition) is 2. The molecule has 1 atom stereocenters. The van der Waals surface area contributed by atoms with E-state index in [2.05, 4.69) is 26.2 Å². The first-order valence-electron chi connectivity index (χ1n) is 8.01. The SMILES string of the molecule is CN1C(=O)CC(C(=O)Nc2cccc(Br)c2)SC1=Nc1cc(Cl)c(O)c(Cl)c1. The molecule has 28 heavy (non-hydrogen) atoms. The Bertz CT molecular complexity index is 963. The molecule has 10 heteroatoms. The van der Waals surface area contributed by atoms with Crippen LogP contribution in [0.3, 0.4) is 0 Å². The Morgan fingerprint density at radius 2 is 2.00 bits per heavy atom. The van der Waals surface area contributed by atoms with E-state index in [1.807, 2.05) is 6.07 Å². The number of thioether (sulfide) groups is 1. The molecule has 0 aromatic heterocycles. The quantitative estimate of drug-likeness (QED) is 0.615. The molecule has 0 spiro atoms. The van der Waals surface area contributed by atoms with Crippen molar-refractivity contribution < 1.29 is 14.7 Å². The van der Waals surface area contributed by atoms with E-state index in [9.17, 15) is 14.7 Å². The Morgan fingerprint density at radius 3 is 2.64 bits per heavy atom. The Morgan fingerprint density at radius 1 is 1.32 bits per heavy atom. The zero-order valence-corrected chi connectivity index (χ0v) is 18.4. The summed E-state index contributed by atoms with van der Waals surface area (Å²) in [5.74, 6) is -0.763. The molecule has 0 bridgehead atoms. The summed E-state index contributed by atoms with van der Waals surface area (Å²) in [4.78, 5) is 30.8. The molecule has 1 aliphatic rings. The maximum Gasteiger partial charge on any atom is 0.238 e. The molecule has 6 nitrogen and oxygen atoms in total. The summed E-state index contributed by atoms with van der Waals surface area (Å²) in [5.41, 5.74) is 0.991. The fourth-order valence-corrected chi connectivity index (χ4v) is 4.35. The zero-order valence-electron chi connectivity index (χ0n) is 14.4. The van der Waals surface area contributed by atoms with Crippen molar-refractivity contribution in [1.29, 1.82) is 0 Å². The maximum atomic E-state index is 12.6. The first-order chi connectivity index (χ1) is 13.2. The smallest absolute Gasteiger partial charge is 0.238 e. The number of halogens is 3. The van der Waals surface area contributed by atoms with Crippen molar-refractivity contribution in [3.8, 4) is 5.75 Å². The number of anilines is 1. The topological polar surface area (TPSA) is 82.0 Å². The molecule has 1 unspecified atom stereocenters. The number of phenolic OH excluding ortho intramolecular Hbond substituents is 1. The predicted molar refractivity (Wildman–Crippen MR) is 117 cm³/mol. The molecule has 2 amide bonds. The lowest BCUT2D eigenvalue weighted by Gasteiger charge is -2.28. The first kappa shape index (κ1) is 21.0. The van der Waals surface area contributed by atoms with Gasteiger partial charge < -0.3 is 10.4 Å². The third-order valence-electron chi connectivity index (χ3n) is 3.88. The normalized spacial score (nSPS) is 18.4. The zero-order chi connectivity index (χ0) is 20.4. The summed E-state index contributed by atoms with van der Waals surface area (Å²) in [5, 5.41) is 12.3. The number of nitrogens with zero attached hydrogens (tertiary/aromatic N) is 2. The van der Waals surface area contributed by atoms with Crippen LogP contribution in [0.2, 0.25) is 10.0 Å². The van der Waals surface area contributed by atoms with Crippen LogP contribution < -0.4 is 5.32 Å². The number of amidine groups is 1. The molecule has 1 heterocycles. The van der Waals surface area contributed by atoms with E-state index < -0.39 is 5.25 Å². The molecule has 146 valence electrons. The molecule has 1 saturated heterocycles. The highest BCUT2D eigenvalue weighted by atomic mass is 79.9. The first-order valence-corrected chi connectivity index (χ1v) is 10.4. The monoisotopic (exact) mass is 501 g/mol. The van der Waals surface area contributed by atoms with Crippen LogP contribution in [-0.4, -0.2) is 39.3 Å². The number of carbonyl (C=O) groups is 2. The van der Waals surface area contributed by atoms with Gasteiger partial charge in [-0.2, -0.15) is 0 Å².